The number of amides is 2. The molecule has 0 saturated carbocycles. The number of nitrogens with one attached hydrogen (secondary N) is 2. The van der Waals surface area contributed by atoms with Crippen LogP contribution in [-0.4, -0.2) is 54.1 Å². The molecule has 2 amide bonds. The van der Waals surface area contributed by atoms with Gasteiger partial charge in [-0.1, -0.05) is 0 Å². The number of hydrogen-bond donors (Lipinski definition) is 4. The van der Waals surface area contributed by atoms with Crippen LogP contribution in [0.15, 0.2) is 0 Å². The van der Waals surface area contributed by atoms with Crippen molar-refractivity contribution >= 4 is 17.6 Å². The van der Waals surface area contributed by atoms with Crippen molar-refractivity contribution in [2.45, 2.75) is 12.8 Å². The molecule has 0 rings (SSSR count). The summed E-state index contributed by atoms with van der Waals surface area (Å²) in [6, 6.07) is 0. The Morgan fingerprint density at radius 2 is 1.44 bits per heavy atom. The van der Waals surface area contributed by atoms with Crippen molar-refractivity contribution in [3.63, 3.8) is 0 Å². The number of rotatable bonds is 8. The van der Waals surface area contributed by atoms with Gasteiger partial charge in [0.15, 0.2) is 0 Å². The average molecular weight is 232 g/mol. The molecule has 0 aromatic carbocycles. The Morgan fingerprint density at radius 3 is 2.00 bits per heavy atom. The van der Waals surface area contributed by atoms with Gasteiger partial charge in [-0.05, 0) is 0 Å². The summed E-state index contributed by atoms with van der Waals surface area (Å²) in [7, 11) is 0. The molecule has 0 atom stereocenters. The minimum atomic E-state index is -0.802. The van der Waals surface area contributed by atoms with E-state index in [4.69, 9.17) is 10.2 Å². The van der Waals surface area contributed by atoms with Gasteiger partial charge in [-0.3, -0.25) is 14.4 Å². The number of ketones is 1. The lowest BCUT2D eigenvalue weighted by atomic mass is 10.2. The van der Waals surface area contributed by atoms with E-state index in [-0.39, 0.29) is 39.1 Å². The predicted molar refractivity (Wildman–Crippen MR) is 54.4 cm³/mol. The van der Waals surface area contributed by atoms with Crippen molar-refractivity contribution in [2.75, 3.05) is 26.3 Å². The van der Waals surface area contributed by atoms with Crippen molar-refractivity contribution in [3.8, 4) is 0 Å². The molecule has 0 spiro atoms. The fourth-order valence-electron chi connectivity index (χ4n) is 0.892. The van der Waals surface area contributed by atoms with Crippen LogP contribution in [0.1, 0.15) is 12.8 Å². The van der Waals surface area contributed by atoms with Gasteiger partial charge in [0.25, 0.3) is 5.91 Å². The largest absolute Gasteiger partial charge is 0.395 e. The highest BCUT2D eigenvalue weighted by molar-refractivity contribution is 6.36. The van der Waals surface area contributed by atoms with Gasteiger partial charge < -0.3 is 20.8 Å². The Bertz CT molecular complexity index is 254. The summed E-state index contributed by atoms with van der Waals surface area (Å²) in [6.07, 6.45) is -0.278. The monoisotopic (exact) mass is 232 g/mol. The lowest BCUT2D eigenvalue weighted by Crippen LogP contribution is -2.34. The van der Waals surface area contributed by atoms with E-state index in [0.29, 0.717) is 0 Å². The van der Waals surface area contributed by atoms with Crippen LogP contribution in [0, 0.1) is 0 Å². The first-order valence-corrected chi connectivity index (χ1v) is 4.91. The SMILES string of the molecule is O=C(CCC(=O)C(=O)NCCO)NCCO. The Balaban J connectivity index is 3.71. The van der Waals surface area contributed by atoms with Gasteiger partial charge in [-0.25, -0.2) is 0 Å². The number of aliphatic hydroxyl groups excluding tert-OH is 2. The summed E-state index contributed by atoms with van der Waals surface area (Å²) < 4.78 is 0. The molecule has 16 heavy (non-hydrogen) atoms. The van der Waals surface area contributed by atoms with Crippen LogP contribution in [-0.2, 0) is 14.4 Å². The predicted octanol–water partition coefficient (Wildman–Crippen LogP) is -2.45. The summed E-state index contributed by atoms with van der Waals surface area (Å²) >= 11 is 0. The minimum absolute atomic E-state index is 0.0152. The van der Waals surface area contributed by atoms with E-state index >= 15 is 0 Å². The highest BCUT2D eigenvalue weighted by Crippen LogP contribution is 1.91. The molecule has 0 aromatic rings. The van der Waals surface area contributed by atoms with Crippen LogP contribution < -0.4 is 10.6 Å². The Hall–Kier alpha value is -1.47. The fourth-order valence-corrected chi connectivity index (χ4v) is 0.892. The third-order valence-corrected chi connectivity index (χ3v) is 1.66. The number of aliphatic hydroxyl groups is 2. The molecule has 92 valence electrons. The van der Waals surface area contributed by atoms with E-state index in [2.05, 4.69) is 10.6 Å². The van der Waals surface area contributed by atoms with E-state index in [1.807, 2.05) is 0 Å². The van der Waals surface area contributed by atoms with E-state index in [9.17, 15) is 14.4 Å². The average Bonchev–Trinajstić information content (AvgIpc) is 2.30. The fraction of sp³-hybridized carbons (Fsp3) is 0.667. The van der Waals surface area contributed by atoms with E-state index < -0.39 is 17.6 Å². The topological polar surface area (TPSA) is 116 Å². The zero-order chi connectivity index (χ0) is 12.4. The lowest BCUT2D eigenvalue weighted by Gasteiger charge is -2.03. The number of hydrogen-bond acceptors (Lipinski definition) is 5. The zero-order valence-electron chi connectivity index (χ0n) is 8.86. The first-order valence-electron chi connectivity index (χ1n) is 4.91. The number of carbonyl (C=O) groups excluding carboxylic acids is 3. The van der Waals surface area contributed by atoms with Crippen LogP contribution in [0.4, 0.5) is 0 Å². The molecule has 0 unspecified atom stereocenters. The number of Topliss-reactive ketones (excluding diaryl/α,β-unsaturated/α-hetero) is 1. The standard InChI is InChI=1S/C9H16N2O5/c12-5-3-10-8(15)2-1-7(14)9(16)11-4-6-13/h12-13H,1-6H2,(H,10,15)(H,11,16). The van der Waals surface area contributed by atoms with E-state index in [0.717, 1.165) is 0 Å². The van der Waals surface area contributed by atoms with Crippen molar-refractivity contribution < 1.29 is 24.6 Å². The normalized spacial score (nSPS) is 9.62. The Kier molecular flexibility index (Phi) is 8.00. The summed E-state index contributed by atoms with van der Waals surface area (Å²) in [5.74, 6) is -1.89. The van der Waals surface area contributed by atoms with Gasteiger partial charge in [-0.15, -0.1) is 0 Å². The smallest absolute Gasteiger partial charge is 0.287 e. The van der Waals surface area contributed by atoms with Gasteiger partial charge in [0, 0.05) is 25.9 Å². The zero-order valence-corrected chi connectivity index (χ0v) is 8.86. The van der Waals surface area contributed by atoms with Gasteiger partial charge in [0.2, 0.25) is 11.7 Å². The van der Waals surface area contributed by atoms with Gasteiger partial charge in [-0.2, -0.15) is 0 Å². The van der Waals surface area contributed by atoms with Crippen LogP contribution in [0.5, 0.6) is 0 Å². The molecule has 0 aliphatic heterocycles. The quantitative estimate of drug-likeness (QED) is 0.347. The molecule has 7 nitrogen and oxygen atoms in total. The van der Waals surface area contributed by atoms with E-state index in [1.165, 1.54) is 0 Å². The van der Waals surface area contributed by atoms with Crippen molar-refractivity contribution in [3.05, 3.63) is 0 Å². The Labute approximate surface area is 92.8 Å². The molecule has 0 saturated heterocycles. The second kappa shape index (κ2) is 8.81. The van der Waals surface area contributed by atoms with Crippen LogP contribution in [0.2, 0.25) is 0 Å². The minimum Gasteiger partial charge on any atom is -0.395 e. The molecule has 0 bridgehead atoms. The van der Waals surface area contributed by atoms with Gasteiger partial charge in [0.05, 0.1) is 13.2 Å². The van der Waals surface area contributed by atoms with Crippen LogP contribution >= 0.6 is 0 Å². The molecule has 0 fully saturated rings. The third kappa shape index (κ3) is 6.91. The van der Waals surface area contributed by atoms with Crippen LogP contribution in [0.25, 0.3) is 0 Å². The molecule has 0 aliphatic carbocycles. The second-order valence-electron chi connectivity index (χ2n) is 2.98. The van der Waals surface area contributed by atoms with Crippen molar-refractivity contribution in [2.24, 2.45) is 0 Å². The summed E-state index contributed by atoms with van der Waals surface area (Å²) in [5.41, 5.74) is 0. The van der Waals surface area contributed by atoms with Gasteiger partial charge >= 0.3 is 0 Å². The second-order valence-corrected chi connectivity index (χ2v) is 2.98. The molecule has 7 heteroatoms. The van der Waals surface area contributed by atoms with E-state index in [1.54, 1.807) is 0 Å². The molecule has 4 N–H and O–H groups in total. The maximum atomic E-state index is 11.1. The van der Waals surface area contributed by atoms with Crippen LogP contribution in [0.3, 0.4) is 0 Å². The van der Waals surface area contributed by atoms with Crippen molar-refractivity contribution in [1.82, 2.24) is 10.6 Å². The molecule has 0 aliphatic rings. The van der Waals surface area contributed by atoms with Gasteiger partial charge in [0.1, 0.15) is 0 Å². The maximum absolute atomic E-state index is 11.1. The summed E-state index contributed by atoms with van der Waals surface area (Å²) in [5, 5.41) is 21.4. The first kappa shape index (κ1) is 14.5. The lowest BCUT2D eigenvalue weighted by molar-refractivity contribution is -0.138. The molecule has 0 radical (unpaired) electrons. The molecular formula is C9H16N2O5. The number of carbonyl (C=O) groups is 3. The molecule has 0 heterocycles. The first-order chi connectivity index (χ1) is 7.61. The summed E-state index contributed by atoms with van der Waals surface area (Å²) in [6.45, 7) is -0.266. The van der Waals surface area contributed by atoms with Crippen molar-refractivity contribution in [1.29, 1.82) is 0 Å². The highest BCUT2D eigenvalue weighted by Gasteiger charge is 2.14. The third-order valence-electron chi connectivity index (χ3n) is 1.66. The Morgan fingerprint density at radius 1 is 0.875 bits per heavy atom. The molecule has 0 aromatic heterocycles. The summed E-state index contributed by atoms with van der Waals surface area (Å²) in [4.78, 5) is 33.1. The highest BCUT2D eigenvalue weighted by atomic mass is 16.3. The molecular weight excluding hydrogens is 216 g/mol. The maximum Gasteiger partial charge on any atom is 0.287 e.